The van der Waals surface area contributed by atoms with Crippen molar-refractivity contribution in [3.63, 3.8) is 0 Å². The summed E-state index contributed by atoms with van der Waals surface area (Å²) in [5.74, 6) is 0. The van der Waals surface area contributed by atoms with Crippen molar-refractivity contribution >= 4 is 143 Å². The minimum absolute atomic E-state index is 0.430. The van der Waals surface area contributed by atoms with Gasteiger partial charge in [-0.2, -0.15) is 0 Å². The molecule has 0 spiro atoms. The highest BCUT2D eigenvalue weighted by Gasteiger charge is 2.50. The van der Waals surface area contributed by atoms with Gasteiger partial charge in [-0.1, -0.05) is 143 Å². The van der Waals surface area contributed by atoms with Crippen molar-refractivity contribution in [1.29, 1.82) is 0 Å². The van der Waals surface area contributed by atoms with Crippen LogP contribution in [0.3, 0.4) is 0 Å². The first kappa shape index (κ1) is 20.3. The second kappa shape index (κ2) is 7.03. The van der Waals surface area contributed by atoms with Crippen molar-refractivity contribution in [3.05, 3.63) is 0 Å². The Morgan fingerprint density at radius 3 is 1.00 bits per heavy atom. The van der Waals surface area contributed by atoms with E-state index < -0.39 is 12.0 Å². The molecule has 0 bridgehead atoms. The highest BCUT2D eigenvalue weighted by molar-refractivity contribution is 9.40. The van der Waals surface area contributed by atoms with E-state index in [4.69, 9.17) is 5.73 Å². The van der Waals surface area contributed by atoms with Crippen molar-refractivity contribution in [2.45, 2.75) is 24.8 Å². The lowest BCUT2D eigenvalue weighted by Gasteiger charge is -2.41. The Balaban J connectivity index is 5.07. The number of alkyl halides is 9. The van der Waals surface area contributed by atoms with E-state index in [1.807, 2.05) is 0 Å². The standard InChI is InChI=1S/C6H6Br9N/c7-4(8,9)1-3(16,6(13,14)15)2-5(10,11)12/h1-2,16H2. The van der Waals surface area contributed by atoms with Crippen LogP contribution in [0, 0.1) is 0 Å². The van der Waals surface area contributed by atoms with E-state index in [2.05, 4.69) is 143 Å². The molecule has 0 fully saturated rings. The quantitative estimate of drug-likeness (QED) is 0.300. The number of rotatable bonds is 2. The molecule has 0 aromatic heterocycles. The fraction of sp³-hybridized carbons (Fsp3) is 1.00. The Bertz CT molecular complexity index is 218. The number of halogens is 9. The van der Waals surface area contributed by atoms with Crippen LogP contribution in [0.15, 0.2) is 0 Å². The number of hydrogen-bond donors (Lipinski definition) is 1. The molecule has 0 atom stereocenters. The summed E-state index contributed by atoms with van der Waals surface area (Å²) in [5.41, 5.74) is 5.80. The van der Waals surface area contributed by atoms with Crippen LogP contribution in [0.4, 0.5) is 0 Å². The summed E-state index contributed by atoms with van der Waals surface area (Å²) in [7, 11) is 0. The van der Waals surface area contributed by atoms with Crippen LogP contribution < -0.4 is 5.73 Å². The Morgan fingerprint density at radius 2 is 0.875 bits per heavy atom. The molecular weight excluding hydrogens is 805 g/mol. The zero-order valence-electron chi connectivity index (χ0n) is 7.39. The maximum atomic E-state index is 6.43. The third kappa shape index (κ3) is 8.54. The maximum absolute atomic E-state index is 6.43. The molecule has 0 aliphatic heterocycles. The Labute approximate surface area is 171 Å². The van der Waals surface area contributed by atoms with Crippen LogP contribution in [0.2, 0.25) is 0 Å². The van der Waals surface area contributed by atoms with Gasteiger partial charge in [0, 0.05) is 12.8 Å². The van der Waals surface area contributed by atoms with Gasteiger partial charge in [0.15, 0.2) is 2.14 Å². The lowest BCUT2D eigenvalue weighted by Crippen LogP contribution is -2.54. The van der Waals surface area contributed by atoms with Gasteiger partial charge in [-0.3, -0.25) is 0 Å². The Kier molecular flexibility index (Phi) is 8.91. The molecule has 0 radical (unpaired) electrons. The third-order valence-corrected chi connectivity index (χ3v) is 5.65. The summed E-state index contributed by atoms with van der Waals surface area (Å²) in [6.07, 6.45) is 1.18. The summed E-state index contributed by atoms with van der Waals surface area (Å²) in [5, 5.41) is 0. The van der Waals surface area contributed by atoms with Gasteiger partial charge in [0.1, 0.15) is 4.29 Å². The van der Waals surface area contributed by atoms with Gasteiger partial charge in [-0.25, -0.2) is 0 Å². The Hall–Kier alpha value is 4.28. The molecule has 0 aromatic rings. The SMILES string of the molecule is NC(CC(Br)(Br)Br)(CC(Br)(Br)Br)C(Br)(Br)Br. The summed E-state index contributed by atoms with van der Waals surface area (Å²) in [6.45, 7) is 0. The molecule has 0 aromatic carbocycles. The molecule has 0 aliphatic rings. The lowest BCUT2D eigenvalue weighted by molar-refractivity contribution is 0.416. The van der Waals surface area contributed by atoms with E-state index in [1.54, 1.807) is 0 Å². The van der Waals surface area contributed by atoms with Crippen LogP contribution in [-0.2, 0) is 0 Å². The molecule has 10 heteroatoms. The predicted octanol–water partition coefficient (Wildman–Crippen LogP) is 6.98. The van der Waals surface area contributed by atoms with Crippen LogP contribution in [0.1, 0.15) is 12.8 Å². The molecule has 0 amide bonds. The average molecular weight is 811 g/mol. The van der Waals surface area contributed by atoms with Crippen LogP contribution in [0.25, 0.3) is 0 Å². The van der Waals surface area contributed by atoms with Crippen LogP contribution in [0.5, 0.6) is 0 Å². The minimum atomic E-state index is -0.625. The number of hydrogen-bond acceptors (Lipinski definition) is 1. The highest BCUT2D eigenvalue weighted by Crippen LogP contribution is 2.55. The minimum Gasteiger partial charge on any atom is -0.322 e. The molecule has 16 heavy (non-hydrogen) atoms. The molecule has 2 N–H and O–H groups in total. The first-order chi connectivity index (χ1) is 6.66. The van der Waals surface area contributed by atoms with Gasteiger partial charge in [-0.15, -0.1) is 0 Å². The van der Waals surface area contributed by atoms with Crippen molar-refractivity contribution < 1.29 is 0 Å². The average Bonchev–Trinajstić information content (AvgIpc) is 1.72. The van der Waals surface area contributed by atoms with Gasteiger partial charge in [0.05, 0.1) is 5.54 Å². The van der Waals surface area contributed by atoms with E-state index >= 15 is 0 Å². The second-order valence-electron chi connectivity index (χ2n) is 3.24. The van der Waals surface area contributed by atoms with E-state index in [0.717, 1.165) is 0 Å². The fourth-order valence-electron chi connectivity index (χ4n) is 0.978. The van der Waals surface area contributed by atoms with Gasteiger partial charge in [0.2, 0.25) is 0 Å². The maximum Gasteiger partial charge on any atom is 0.152 e. The van der Waals surface area contributed by atoms with Crippen molar-refractivity contribution in [3.8, 4) is 0 Å². The molecule has 0 saturated heterocycles. The Morgan fingerprint density at radius 1 is 0.625 bits per heavy atom. The van der Waals surface area contributed by atoms with Crippen molar-refractivity contribution in [2.24, 2.45) is 5.73 Å². The molecule has 1 nitrogen and oxygen atoms in total. The van der Waals surface area contributed by atoms with E-state index in [0.29, 0.717) is 12.8 Å². The van der Waals surface area contributed by atoms with E-state index in [-0.39, 0.29) is 0 Å². The largest absolute Gasteiger partial charge is 0.322 e. The summed E-state index contributed by atoms with van der Waals surface area (Å²) in [4.78, 5) is 0. The summed E-state index contributed by atoms with van der Waals surface area (Å²) < 4.78 is -1.46. The van der Waals surface area contributed by atoms with Gasteiger partial charge >= 0.3 is 0 Å². The normalized spacial score (nSPS) is 15.4. The monoisotopic (exact) mass is 802 g/mol. The first-order valence-corrected chi connectivity index (χ1v) is 10.8. The van der Waals surface area contributed by atoms with Crippen LogP contribution >= 0.6 is 143 Å². The van der Waals surface area contributed by atoms with Crippen molar-refractivity contribution in [2.75, 3.05) is 0 Å². The molecule has 0 rings (SSSR count). The summed E-state index contributed by atoms with van der Waals surface area (Å²) >= 11 is 31.2. The van der Waals surface area contributed by atoms with E-state index in [1.165, 1.54) is 0 Å². The fourth-order valence-corrected chi connectivity index (χ4v) is 4.82. The zero-order valence-corrected chi connectivity index (χ0v) is 21.7. The molecule has 98 valence electrons. The topological polar surface area (TPSA) is 26.0 Å². The van der Waals surface area contributed by atoms with E-state index in [9.17, 15) is 0 Å². The van der Waals surface area contributed by atoms with Crippen LogP contribution in [-0.4, -0.2) is 12.0 Å². The van der Waals surface area contributed by atoms with Gasteiger partial charge in [-0.05, 0) is 0 Å². The lowest BCUT2D eigenvalue weighted by atomic mass is 9.97. The summed E-state index contributed by atoms with van der Waals surface area (Å²) in [6, 6.07) is 0. The smallest absolute Gasteiger partial charge is 0.152 e. The number of nitrogens with two attached hydrogens (primary N) is 1. The van der Waals surface area contributed by atoms with Gasteiger partial charge in [0.25, 0.3) is 0 Å². The molecular formula is C6H6Br9N. The molecule has 0 unspecified atom stereocenters. The molecule has 0 heterocycles. The predicted molar refractivity (Wildman–Crippen MR) is 105 cm³/mol. The molecule has 0 aliphatic carbocycles. The highest BCUT2D eigenvalue weighted by atomic mass is 80.0. The molecule has 0 saturated carbocycles. The zero-order chi connectivity index (χ0) is 13.4. The van der Waals surface area contributed by atoms with Gasteiger partial charge < -0.3 is 5.73 Å². The third-order valence-electron chi connectivity index (χ3n) is 1.60. The second-order valence-corrected chi connectivity index (χ2v) is 24.5. The first-order valence-electron chi connectivity index (χ1n) is 3.65. The van der Waals surface area contributed by atoms with Crippen molar-refractivity contribution in [1.82, 2.24) is 0 Å².